The number of likely N-dealkylation sites (tertiary alicyclic amines) is 1. The van der Waals surface area contributed by atoms with Gasteiger partial charge in [0.1, 0.15) is 11.6 Å². The maximum atomic E-state index is 13.8. The molecule has 1 aromatic heterocycles. The zero-order chi connectivity index (χ0) is 36.1. The lowest BCUT2D eigenvalue weighted by Crippen LogP contribution is -2.50. The number of alkyl halides is 2. The Kier molecular flexibility index (Phi) is 11.1. The summed E-state index contributed by atoms with van der Waals surface area (Å²) in [6, 6.07) is 13.0. The van der Waals surface area contributed by atoms with E-state index in [4.69, 9.17) is 14.2 Å². The lowest BCUT2D eigenvalue weighted by molar-refractivity contribution is -0.131. The first-order chi connectivity index (χ1) is 23.8. The number of halogens is 2. The van der Waals surface area contributed by atoms with Crippen LogP contribution < -0.4 is 14.8 Å². The first-order valence-electron chi connectivity index (χ1n) is 16.5. The van der Waals surface area contributed by atoms with Gasteiger partial charge in [0.05, 0.1) is 44.0 Å². The Morgan fingerprint density at radius 3 is 2.46 bits per heavy atom. The molecule has 2 aromatic carbocycles. The predicted molar refractivity (Wildman–Crippen MR) is 181 cm³/mol. The van der Waals surface area contributed by atoms with Gasteiger partial charge in [0, 0.05) is 50.7 Å². The molecule has 12 nitrogen and oxygen atoms in total. The van der Waals surface area contributed by atoms with E-state index in [0.717, 1.165) is 42.1 Å². The van der Waals surface area contributed by atoms with Gasteiger partial charge in [-0.3, -0.25) is 19.5 Å². The summed E-state index contributed by atoms with van der Waals surface area (Å²) in [5.41, 5.74) is 1.87. The van der Waals surface area contributed by atoms with E-state index in [1.54, 1.807) is 24.1 Å². The average molecular weight is 693 g/mol. The van der Waals surface area contributed by atoms with Crippen molar-refractivity contribution in [3.05, 3.63) is 54.2 Å². The zero-order valence-electron chi connectivity index (χ0n) is 28.7. The summed E-state index contributed by atoms with van der Waals surface area (Å²) >= 11 is 0. The van der Waals surface area contributed by atoms with Crippen molar-refractivity contribution in [1.82, 2.24) is 25.0 Å². The minimum absolute atomic E-state index is 0.255. The minimum Gasteiger partial charge on any atom is -0.493 e. The number of rotatable bonds is 10. The molecule has 50 heavy (non-hydrogen) atoms. The Balaban J connectivity index is 1.20. The molecule has 3 heterocycles. The van der Waals surface area contributed by atoms with Gasteiger partial charge in [-0.05, 0) is 68.7 Å². The number of aromatic nitrogens is 1. The molecule has 0 radical (unpaired) electrons. The van der Waals surface area contributed by atoms with E-state index in [0.29, 0.717) is 42.1 Å². The number of nitrogens with one attached hydrogen (secondary N) is 1. The third-order valence-electron chi connectivity index (χ3n) is 8.52. The second kappa shape index (κ2) is 15.2. The van der Waals surface area contributed by atoms with E-state index in [1.165, 1.54) is 12.3 Å². The number of pyridine rings is 1. The number of ether oxygens (including phenoxy) is 3. The monoisotopic (exact) mass is 692 g/mol. The highest BCUT2D eigenvalue weighted by atomic mass is 19.3. The van der Waals surface area contributed by atoms with Gasteiger partial charge in [0.15, 0.2) is 11.5 Å². The fourth-order valence-corrected chi connectivity index (χ4v) is 5.99. The van der Waals surface area contributed by atoms with Crippen molar-refractivity contribution in [2.24, 2.45) is 0 Å². The summed E-state index contributed by atoms with van der Waals surface area (Å²) in [7, 11) is 1.57. The van der Waals surface area contributed by atoms with Gasteiger partial charge in [-0.15, -0.1) is 0 Å². The lowest BCUT2D eigenvalue weighted by atomic mass is 10.00. The van der Waals surface area contributed by atoms with Crippen LogP contribution in [-0.2, 0) is 9.53 Å². The van der Waals surface area contributed by atoms with Crippen LogP contribution in [-0.4, -0.2) is 115 Å². The molecule has 0 unspecified atom stereocenters. The van der Waals surface area contributed by atoms with Crippen LogP contribution in [0, 0.1) is 11.3 Å². The van der Waals surface area contributed by atoms with Crippen LogP contribution in [0.3, 0.4) is 0 Å². The first kappa shape index (κ1) is 36.3. The van der Waals surface area contributed by atoms with Crippen molar-refractivity contribution >= 4 is 28.8 Å². The highest BCUT2D eigenvalue weighted by Gasteiger charge is 2.47. The second-order valence-electron chi connectivity index (χ2n) is 13.4. The molecule has 1 atom stereocenters. The van der Waals surface area contributed by atoms with Crippen LogP contribution in [0.5, 0.6) is 11.5 Å². The summed E-state index contributed by atoms with van der Waals surface area (Å²) in [6.45, 7) is 8.16. The molecule has 0 spiro atoms. The fraction of sp³-hybridized carbons (Fsp3) is 0.472. The molecule has 2 aliphatic rings. The van der Waals surface area contributed by atoms with Crippen LogP contribution in [0.15, 0.2) is 48.7 Å². The van der Waals surface area contributed by atoms with Crippen molar-refractivity contribution in [2.75, 3.05) is 59.5 Å². The minimum atomic E-state index is -3.15. The van der Waals surface area contributed by atoms with Gasteiger partial charge in [0.25, 0.3) is 11.8 Å². The number of nitriles is 1. The van der Waals surface area contributed by atoms with Crippen molar-refractivity contribution in [3.63, 3.8) is 0 Å². The summed E-state index contributed by atoms with van der Waals surface area (Å²) in [5.74, 6) is -3.35. The molecular weight excluding hydrogens is 650 g/mol. The summed E-state index contributed by atoms with van der Waals surface area (Å²) in [4.78, 5) is 47.4. The van der Waals surface area contributed by atoms with Crippen molar-refractivity contribution in [2.45, 2.75) is 51.2 Å². The van der Waals surface area contributed by atoms with E-state index in [1.807, 2.05) is 51.1 Å². The predicted octanol–water partition coefficient (Wildman–Crippen LogP) is 4.72. The lowest BCUT2D eigenvalue weighted by Gasteiger charge is -2.35. The van der Waals surface area contributed by atoms with Crippen LogP contribution in [0.25, 0.3) is 22.0 Å². The number of hydrogen-bond acceptors (Lipinski definition) is 9. The number of carbonyl (C=O) groups is 3. The molecule has 1 N–H and O–H groups in total. The Morgan fingerprint density at radius 2 is 1.76 bits per heavy atom. The van der Waals surface area contributed by atoms with Crippen LogP contribution in [0.1, 0.15) is 44.0 Å². The highest BCUT2D eigenvalue weighted by Crippen LogP contribution is 2.35. The standard InChI is InChI=1S/C36H42F2N6O6/c1-35(2,3)50-34(47)43-15-13-42(14-16-43)12-5-17-49-31-19-25(7-9-30(31)48-4)24-6-8-29-28(18-24)27(10-11-40-29)33(46)41-22-32(45)44-23-36(37,38)20-26(44)21-39/h6-11,18-19,26H,5,12-17,20,22-23H2,1-4H3,(H,41,46)/t26-/m0/s1. The molecule has 5 rings (SSSR count). The number of amides is 3. The maximum absolute atomic E-state index is 13.8. The van der Waals surface area contributed by atoms with Crippen LogP contribution >= 0.6 is 0 Å². The van der Waals surface area contributed by atoms with Gasteiger partial charge in [-0.2, -0.15) is 5.26 Å². The maximum Gasteiger partial charge on any atom is 0.410 e. The molecule has 266 valence electrons. The molecule has 3 aromatic rings. The number of methoxy groups -OCH3 is 1. The topological polar surface area (TPSA) is 137 Å². The first-order valence-corrected chi connectivity index (χ1v) is 16.5. The smallest absolute Gasteiger partial charge is 0.410 e. The highest BCUT2D eigenvalue weighted by molar-refractivity contribution is 6.07. The Morgan fingerprint density at radius 1 is 1.04 bits per heavy atom. The third kappa shape index (κ3) is 8.95. The normalized spacial score (nSPS) is 17.7. The van der Waals surface area contributed by atoms with Crippen molar-refractivity contribution in [1.29, 1.82) is 5.26 Å². The molecule has 2 saturated heterocycles. The molecular formula is C36H42F2N6O6. The van der Waals surface area contributed by atoms with Crippen LogP contribution in [0.2, 0.25) is 0 Å². The molecule has 0 saturated carbocycles. The van der Waals surface area contributed by atoms with Gasteiger partial charge < -0.3 is 29.3 Å². The Bertz CT molecular complexity index is 1770. The number of carbonyl (C=O) groups excluding carboxylic acids is 3. The van der Waals surface area contributed by atoms with E-state index in [2.05, 4.69) is 15.2 Å². The second-order valence-corrected chi connectivity index (χ2v) is 13.4. The largest absolute Gasteiger partial charge is 0.493 e. The summed E-state index contributed by atoms with van der Waals surface area (Å²) in [5, 5.41) is 12.3. The third-order valence-corrected chi connectivity index (χ3v) is 8.52. The Hall–Kier alpha value is -5.03. The fourth-order valence-electron chi connectivity index (χ4n) is 5.99. The van der Waals surface area contributed by atoms with Gasteiger partial charge in [-0.1, -0.05) is 12.1 Å². The van der Waals surface area contributed by atoms with Gasteiger partial charge >= 0.3 is 6.09 Å². The van der Waals surface area contributed by atoms with Crippen LogP contribution in [0.4, 0.5) is 13.6 Å². The van der Waals surface area contributed by atoms with Gasteiger partial charge in [0.2, 0.25) is 5.91 Å². The molecule has 2 aliphatic heterocycles. The number of piperazine rings is 1. The number of hydrogen-bond donors (Lipinski definition) is 1. The van der Waals surface area contributed by atoms with E-state index in [9.17, 15) is 28.4 Å². The van der Waals surface area contributed by atoms with E-state index in [-0.39, 0.29) is 11.7 Å². The quantitative estimate of drug-likeness (QED) is 0.299. The summed E-state index contributed by atoms with van der Waals surface area (Å²) in [6.07, 6.45) is 1.23. The van der Waals surface area contributed by atoms with Crippen molar-refractivity contribution in [3.8, 4) is 28.7 Å². The average Bonchev–Trinajstić information content (AvgIpc) is 3.42. The Labute approximate surface area is 289 Å². The van der Waals surface area contributed by atoms with Gasteiger partial charge in [-0.25, -0.2) is 13.6 Å². The molecule has 0 bridgehead atoms. The van der Waals surface area contributed by atoms with E-state index < -0.39 is 48.9 Å². The zero-order valence-corrected chi connectivity index (χ0v) is 28.7. The number of nitrogens with zero attached hydrogens (tertiary/aromatic N) is 5. The molecule has 3 amide bonds. The number of benzene rings is 2. The summed E-state index contributed by atoms with van der Waals surface area (Å²) < 4.78 is 44.8. The molecule has 0 aliphatic carbocycles. The molecule has 2 fully saturated rings. The molecule has 14 heteroatoms. The van der Waals surface area contributed by atoms with Crippen molar-refractivity contribution < 1.29 is 37.4 Å². The number of fused-ring (bicyclic) bond motifs is 1. The van der Waals surface area contributed by atoms with E-state index >= 15 is 0 Å². The SMILES string of the molecule is COc1ccc(-c2ccc3nccc(C(=O)NCC(=O)N4CC(F)(F)C[C@H]4C#N)c3c2)cc1OCCCN1CCN(C(=O)OC(C)(C)C)CC1.